The van der Waals surface area contributed by atoms with E-state index in [0.717, 1.165) is 35.9 Å². The smallest absolute Gasteiger partial charge is 0.191 e. The van der Waals surface area contributed by atoms with Crippen molar-refractivity contribution < 1.29 is 4.39 Å². The molecule has 0 fully saturated rings. The molecule has 0 atom stereocenters. The van der Waals surface area contributed by atoms with Gasteiger partial charge in [-0.15, -0.1) is 10.2 Å². The van der Waals surface area contributed by atoms with E-state index < -0.39 is 0 Å². The highest BCUT2D eigenvalue weighted by Crippen LogP contribution is 2.10. The van der Waals surface area contributed by atoms with E-state index in [9.17, 15) is 4.39 Å². The highest BCUT2D eigenvalue weighted by molar-refractivity contribution is 7.98. The second kappa shape index (κ2) is 10.2. The molecule has 0 saturated heterocycles. The number of aliphatic imine (C=N–C) groups is 1. The van der Waals surface area contributed by atoms with Crippen LogP contribution in [0.3, 0.4) is 0 Å². The third-order valence-electron chi connectivity index (χ3n) is 4.07. The molecule has 2 N–H and O–H groups in total. The predicted octanol–water partition coefficient (Wildman–Crippen LogP) is 2.56. The molecule has 0 bridgehead atoms. The van der Waals surface area contributed by atoms with Crippen LogP contribution in [0.15, 0.2) is 23.2 Å². The van der Waals surface area contributed by atoms with Gasteiger partial charge in [0, 0.05) is 13.6 Å². The Bertz CT molecular complexity index is 743. The monoisotopic (exact) mass is 378 g/mol. The van der Waals surface area contributed by atoms with Gasteiger partial charge in [0.2, 0.25) is 0 Å². The molecule has 0 saturated carbocycles. The average molecular weight is 379 g/mol. The van der Waals surface area contributed by atoms with Crippen molar-refractivity contribution in [3.63, 3.8) is 0 Å². The second-order valence-electron chi connectivity index (χ2n) is 6.10. The van der Waals surface area contributed by atoms with Crippen molar-refractivity contribution in [3.8, 4) is 0 Å². The molecular formula is C18H27FN6S. The lowest BCUT2D eigenvalue weighted by molar-refractivity contribution is 0.616. The van der Waals surface area contributed by atoms with E-state index in [-0.39, 0.29) is 5.82 Å². The zero-order chi connectivity index (χ0) is 18.9. The summed E-state index contributed by atoms with van der Waals surface area (Å²) < 4.78 is 15.6. The molecule has 0 aliphatic carbocycles. The van der Waals surface area contributed by atoms with Gasteiger partial charge in [0.15, 0.2) is 11.8 Å². The Labute approximate surface area is 158 Å². The van der Waals surface area contributed by atoms with E-state index in [1.165, 1.54) is 6.07 Å². The van der Waals surface area contributed by atoms with Crippen molar-refractivity contribution in [2.75, 3.05) is 18.6 Å². The van der Waals surface area contributed by atoms with Crippen LogP contribution in [0.2, 0.25) is 0 Å². The SMILES string of the molecule is CSCCCNC(=NCc1ccc(C)c(F)c1)NCc1nnc(C)n1C. The lowest BCUT2D eigenvalue weighted by Crippen LogP contribution is -2.38. The van der Waals surface area contributed by atoms with Crippen molar-refractivity contribution >= 4 is 17.7 Å². The maximum Gasteiger partial charge on any atom is 0.191 e. The Morgan fingerprint density at radius 2 is 2.08 bits per heavy atom. The number of thioether (sulfide) groups is 1. The summed E-state index contributed by atoms with van der Waals surface area (Å²) in [5.74, 6) is 3.28. The molecule has 0 spiro atoms. The fourth-order valence-electron chi connectivity index (χ4n) is 2.27. The van der Waals surface area contributed by atoms with Gasteiger partial charge in [0.05, 0.1) is 13.1 Å². The van der Waals surface area contributed by atoms with E-state index >= 15 is 0 Å². The quantitative estimate of drug-likeness (QED) is 0.420. The summed E-state index contributed by atoms with van der Waals surface area (Å²) in [5, 5.41) is 14.8. The number of halogens is 1. The molecule has 1 aromatic carbocycles. The van der Waals surface area contributed by atoms with E-state index in [2.05, 4.69) is 32.1 Å². The molecule has 1 heterocycles. The minimum Gasteiger partial charge on any atom is -0.356 e. The predicted molar refractivity (Wildman–Crippen MR) is 106 cm³/mol. The zero-order valence-electron chi connectivity index (χ0n) is 15.8. The number of rotatable bonds is 8. The van der Waals surface area contributed by atoms with Crippen molar-refractivity contribution in [1.29, 1.82) is 0 Å². The van der Waals surface area contributed by atoms with Crippen LogP contribution < -0.4 is 10.6 Å². The topological polar surface area (TPSA) is 67.1 Å². The maximum atomic E-state index is 13.7. The highest BCUT2D eigenvalue weighted by atomic mass is 32.2. The van der Waals surface area contributed by atoms with Crippen LogP contribution >= 0.6 is 11.8 Å². The summed E-state index contributed by atoms with van der Waals surface area (Å²) in [6.07, 6.45) is 3.14. The maximum absolute atomic E-state index is 13.7. The van der Waals surface area contributed by atoms with Crippen LogP contribution in [-0.4, -0.2) is 39.3 Å². The van der Waals surface area contributed by atoms with Gasteiger partial charge in [-0.2, -0.15) is 11.8 Å². The van der Waals surface area contributed by atoms with E-state index in [4.69, 9.17) is 0 Å². The molecule has 2 aromatic rings. The molecule has 142 valence electrons. The molecule has 26 heavy (non-hydrogen) atoms. The molecule has 0 radical (unpaired) electrons. The number of guanidine groups is 1. The first-order valence-corrected chi connectivity index (χ1v) is 10.0. The van der Waals surface area contributed by atoms with Crippen LogP contribution in [0.5, 0.6) is 0 Å². The van der Waals surface area contributed by atoms with Crippen LogP contribution in [0, 0.1) is 19.7 Å². The number of aryl methyl sites for hydroxylation is 2. The van der Waals surface area contributed by atoms with E-state index in [1.54, 1.807) is 13.0 Å². The normalized spacial score (nSPS) is 11.7. The molecule has 0 aliphatic rings. The first-order valence-electron chi connectivity index (χ1n) is 8.62. The fourth-order valence-corrected chi connectivity index (χ4v) is 2.70. The fraction of sp³-hybridized carbons (Fsp3) is 0.500. The van der Waals surface area contributed by atoms with Crippen molar-refractivity contribution in [2.24, 2.45) is 12.0 Å². The Balaban J connectivity index is 2.01. The van der Waals surface area contributed by atoms with Crippen LogP contribution in [-0.2, 0) is 20.1 Å². The van der Waals surface area contributed by atoms with Gasteiger partial charge < -0.3 is 15.2 Å². The van der Waals surface area contributed by atoms with Gasteiger partial charge >= 0.3 is 0 Å². The number of aromatic nitrogens is 3. The number of hydrogen-bond acceptors (Lipinski definition) is 4. The van der Waals surface area contributed by atoms with Crippen molar-refractivity contribution in [1.82, 2.24) is 25.4 Å². The molecule has 6 nitrogen and oxygen atoms in total. The van der Waals surface area contributed by atoms with Crippen LogP contribution in [0.25, 0.3) is 0 Å². The van der Waals surface area contributed by atoms with Crippen LogP contribution in [0.4, 0.5) is 4.39 Å². The summed E-state index contributed by atoms with van der Waals surface area (Å²) in [6, 6.07) is 5.22. The average Bonchev–Trinajstić information content (AvgIpc) is 2.95. The standard InChI is InChI=1S/C18H27FN6S/c1-13-6-7-15(10-16(13)19)11-21-18(20-8-5-9-26-4)22-12-17-24-23-14(2)25(17)3/h6-7,10H,5,8-9,11-12H2,1-4H3,(H2,20,21,22). The Kier molecular flexibility index (Phi) is 7.90. The van der Waals surface area contributed by atoms with Crippen LogP contribution in [0.1, 0.15) is 29.2 Å². The van der Waals surface area contributed by atoms with Gasteiger partial charge in [-0.1, -0.05) is 12.1 Å². The highest BCUT2D eigenvalue weighted by Gasteiger charge is 2.06. The number of hydrogen-bond donors (Lipinski definition) is 2. The van der Waals surface area contributed by atoms with E-state index in [1.807, 2.05) is 36.4 Å². The summed E-state index contributed by atoms with van der Waals surface area (Å²) in [6.45, 7) is 5.43. The molecule has 8 heteroatoms. The Morgan fingerprint density at radius 1 is 1.27 bits per heavy atom. The Morgan fingerprint density at radius 3 is 2.73 bits per heavy atom. The molecule has 2 rings (SSSR count). The molecule has 0 unspecified atom stereocenters. The Hall–Kier alpha value is -2.09. The third-order valence-corrected chi connectivity index (χ3v) is 4.77. The van der Waals surface area contributed by atoms with Gasteiger partial charge in [-0.25, -0.2) is 9.38 Å². The third kappa shape index (κ3) is 6.01. The summed E-state index contributed by atoms with van der Waals surface area (Å²) >= 11 is 1.82. The summed E-state index contributed by atoms with van der Waals surface area (Å²) in [4.78, 5) is 4.58. The number of nitrogens with zero attached hydrogens (tertiary/aromatic N) is 4. The zero-order valence-corrected chi connectivity index (χ0v) is 16.7. The van der Waals surface area contributed by atoms with Gasteiger partial charge in [-0.3, -0.25) is 0 Å². The summed E-state index contributed by atoms with van der Waals surface area (Å²) in [7, 11) is 1.93. The minimum atomic E-state index is -0.199. The molecule has 0 amide bonds. The molecule has 0 aliphatic heterocycles. The second-order valence-corrected chi connectivity index (χ2v) is 7.08. The molecule has 1 aromatic heterocycles. The minimum absolute atomic E-state index is 0.199. The number of benzene rings is 1. The lowest BCUT2D eigenvalue weighted by atomic mass is 10.1. The van der Waals surface area contributed by atoms with Gasteiger partial charge in [-0.05, 0) is 49.5 Å². The van der Waals surface area contributed by atoms with Crippen molar-refractivity contribution in [3.05, 3.63) is 46.8 Å². The summed E-state index contributed by atoms with van der Waals surface area (Å²) in [5.41, 5.74) is 1.48. The van der Waals surface area contributed by atoms with E-state index in [0.29, 0.717) is 24.6 Å². The van der Waals surface area contributed by atoms with Gasteiger partial charge in [0.25, 0.3) is 0 Å². The van der Waals surface area contributed by atoms with Gasteiger partial charge in [0.1, 0.15) is 11.6 Å². The molecular weight excluding hydrogens is 351 g/mol. The van der Waals surface area contributed by atoms with Crippen molar-refractivity contribution in [2.45, 2.75) is 33.4 Å². The lowest BCUT2D eigenvalue weighted by Gasteiger charge is -2.12. The largest absolute Gasteiger partial charge is 0.356 e. The first kappa shape index (κ1) is 20.2. The number of nitrogens with one attached hydrogen (secondary N) is 2. The first-order chi connectivity index (χ1) is 12.5.